The Kier molecular flexibility index (Phi) is 1.29. The van der Waals surface area contributed by atoms with Gasteiger partial charge in [-0.05, 0) is 48.0 Å². The highest BCUT2D eigenvalue weighted by Crippen LogP contribution is 2.50. The Morgan fingerprint density at radius 3 is 1.73 bits per heavy atom. The molecule has 0 aromatic heterocycles. The maximum Gasteiger partial charge on any atom is 0.00856 e. The lowest BCUT2D eigenvalue weighted by atomic mass is 9.82. The Balaban J connectivity index is 1.69. The minimum Gasteiger partial charge on any atom is -0.0666 e. The fourth-order valence-electron chi connectivity index (χ4n) is 3.16. The van der Waals surface area contributed by atoms with Crippen molar-refractivity contribution in [2.24, 2.45) is 5.41 Å². The van der Waals surface area contributed by atoms with Crippen LogP contribution >= 0.6 is 0 Å². The minimum absolute atomic E-state index is 0.396. The van der Waals surface area contributed by atoms with Crippen LogP contribution in [-0.2, 0) is 0 Å². The van der Waals surface area contributed by atoms with Crippen molar-refractivity contribution in [1.82, 2.24) is 0 Å². The highest BCUT2D eigenvalue weighted by molar-refractivity contribution is 5.63. The Hall–Kier alpha value is -1.30. The molecule has 0 heteroatoms. The van der Waals surface area contributed by atoms with Gasteiger partial charge in [0.15, 0.2) is 0 Å². The summed E-state index contributed by atoms with van der Waals surface area (Å²) in [6.07, 6.45) is 19.3. The van der Waals surface area contributed by atoms with Gasteiger partial charge in [-0.15, -0.1) is 0 Å². The molecule has 0 aromatic carbocycles. The Bertz CT molecular complexity index is 446. The molecule has 0 bridgehead atoms. The molecule has 0 heterocycles. The van der Waals surface area contributed by atoms with Crippen molar-refractivity contribution in [2.75, 3.05) is 0 Å². The summed E-state index contributed by atoms with van der Waals surface area (Å²) in [6, 6.07) is 0. The molecule has 1 fully saturated rings. The third-order valence-electron chi connectivity index (χ3n) is 4.28. The van der Waals surface area contributed by atoms with Gasteiger partial charge >= 0.3 is 0 Å². The summed E-state index contributed by atoms with van der Waals surface area (Å²) in [5.74, 6) is 0. The normalized spacial score (nSPS) is 28.8. The molecule has 0 radical (unpaired) electrons. The standard InChI is InChI=1S/C15H14/c1-2-12-6-8-15(7-5-11(1)12)9-13-3-4-14(13)10-15/h1-4,9-10H,5-8H2. The van der Waals surface area contributed by atoms with E-state index in [0.29, 0.717) is 5.41 Å². The van der Waals surface area contributed by atoms with Crippen LogP contribution in [0.4, 0.5) is 0 Å². The predicted molar refractivity (Wildman–Crippen MR) is 62.4 cm³/mol. The van der Waals surface area contributed by atoms with E-state index in [1.54, 1.807) is 11.1 Å². The second-order valence-electron chi connectivity index (χ2n) is 5.15. The molecule has 0 saturated heterocycles. The fourth-order valence-corrected chi connectivity index (χ4v) is 3.16. The van der Waals surface area contributed by atoms with Crippen molar-refractivity contribution in [3.8, 4) is 0 Å². The largest absolute Gasteiger partial charge is 0.0666 e. The number of allylic oxidation sites excluding steroid dienone is 10. The molecule has 4 aliphatic rings. The van der Waals surface area contributed by atoms with Crippen LogP contribution in [0.25, 0.3) is 0 Å². The fraction of sp³-hybridized carbons (Fsp3) is 0.333. The first-order valence-corrected chi connectivity index (χ1v) is 5.89. The molecule has 0 atom stereocenters. The maximum absolute atomic E-state index is 2.51. The molecular formula is C15H14. The molecule has 0 aromatic rings. The average Bonchev–Trinajstić information content (AvgIpc) is 2.35. The van der Waals surface area contributed by atoms with Gasteiger partial charge in [0.1, 0.15) is 0 Å². The van der Waals surface area contributed by atoms with Gasteiger partial charge in [0.05, 0.1) is 0 Å². The van der Waals surface area contributed by atoms with Crippen LogP contribution in [0.1, 0.15) is 25.7 Å². The highest BCUT2D eigenvalue weighted by Gasteiger charge is 2.35. The van der Waals surface area contributed by atoms with E-state index < -0.39 is 0 Å². The number of fused-ring (bicyclic) bond motifs is 2. The summed E-state index contributed by atoms with van der Waals surface area (Å²) < 4.78 is 0. The second-order valence-corrected chi connectivity index (χ2v) is 5.15. The van der Waals surface area contributed by atoms with Crippen molar-refractivity contribution in [3.63, 3.8) is 0 Å². The van der Waals surface area contributed by atoms with E-state index >= 15 is 0 Å². The first kappa shape index (κ1) is 7.92. The maximum atomic E-state index is 2.51. The van der Waals surface area contributed by atoms with Crippen LogP contribution in [0.3, 0.4) is 0 Å². The number of rotatable bonds is 0. The van der Waals surface area contributed by atoms with E-state index in [4.69, 9.17) is 0 Å². The van der Waals surface area contributed by atoms with Crippen molar-refractivity contribution < 1.29 is 0 Å². The lowest BCUT2D eigenvalue weighted by molar-refractivity contribution is 0.437. The highest BCUT2D eigenvalue weighted by atomic mass is 14.4. The zero-order valence-electron chi connectivity index (χ0n) is 8.79. The van der Waals surface area contributed by atoms with Gasteiger partial charge < -0.3 is 0 Å². The van der Waals surface area contributed by atoms with Crippen LogP contribution in [0.15, 0.2) is 58.7 Å². The third kappa shape index (κ3) is 0.971. The zero-order chi connectivity index (χ0) is 9.88. The van der Waals surface area contributed by atoms with Crippen molar-refractivity contribution in [3.05, 3.63) is 58.7 Å². The molecular weight excluding hydrogens is 180 g/mol. The third-order valence-corrected chi connectivity index (χ3v) is 4.28. The quantitative estimate of drug-likeness (QED) is 0.549. The van der Waals surface area contributed by atoms with Gasteiger partial charge in [-0.1, -0.05) is 36.5 Å². The monoisotopic (exact) mass is 194 g/mol. The van der Waals surface area contributed by atoms with E-state index in [9.17, 15) is 0 Å². The van der Waals surface area contributed by atoms with E-state index in [0.717, 1.165) is 0 Å². The molecule has 1 saturated carbocycles. The summed E-state index contributed by atoms with van der Waals surface area (Å²) in [5.41, 5.74) is 6.62. The second kappa shape index (κ2) is 2.44. The molecule has 0 aliphatic heterocycles. The molecule has 74 valence electrons. The van der Waals surface area contributed by atoms with Crippen LogP contribution in [0.2, 0.25) is 0 Å². The lowest BCUT2D eigenvalue weighted by Gasteiger charge is -2.22. The van der Waals surface area contributed by atoms with Gasteiger partial charge in [0.25, 0.3) is 0 Å². The molecule has 0 N–H and O–H groups in total. The predicted octanol–water partition coefficient (Wildman–Crippen LogP) is 3.85. The van der Waals surface area contributed by atoms with Crippen LogP contribution < -0.4 is 0 Å². The van der Waals surface area contributed by atoms with Gasteiger partial charge in [-0.25, -0.2) is 0 Å². The van der Waals surface area contributed by atoms with Crippen LogP contribution in [0.5, 0.6) is 0 Å². The lowest BCUT2D eigenvalue weighted by Crippen LogP contribution is -2.11. The molecule has 1 spiro atoms. The molecule has 0 nitrogen and oxygen atoms in total. The SMILES string of the molecule is C1=CC2=CC3(C=C12)CCC1=CC=C1CC3. The van der Waals surface area contributed by atoms with E-state index in [1.807, 2.05) is 0 Å². The first-order chi connectivity index (χ1) is 7.35. The minimum atomic E-state index is 0.396. The van der Waals surface area contributed by atoms with E-state index in [-0.39, 0.29) is 0 Å². The summed E-state index contributed by atoms with van der Waals surface area (Å²) in [5, 5.41) is 0. The van der Waals surface area contributed by atoms with Crippen LogP contribution in [-0.4, -0.2) is 0 Å². The van der Waals surface area contributed by atoms with Crippen molar-refractivity contribution in [2.45, 2.75) is 25.7 Å². The Labute approximate surface area is 90.4 Å². The van der Waals surface area contributed by atoms with Gasteiger partial charge in [-0.3, -0.25) is 0 Å². The molecule has 0 amide bonds. The van der Waals surface area contributed by atoms with E-state index in [1.165, 1.54) is 36.8 Å². The zero-order valence-corrected chi connectivity index (χ0v) is 8.79. The summed E-state index contributed by atoms with van der Waals surface area (Å²) in [7, 11) is 0. The Morgan fingerprint density at radius 1 is 0.800 bits per heavy atom. The van der Waals surface area contributed by atoms with Gasteiger partial charge in [0, 0.05) is 5.41 Å². The van der Waals surface area contributed by atoms with Crippen molar-refractivity contribution in [1.29, 1.82) is 0 Å². The van der Waals surface area contributed by atoms with Gasteiger partial charge in [0.2, 0.25) is 0 Å². The molecule has 15 heavy (non-hydrogen) atoms. The molecule has 4 rings (SSSR count). The van der Waals surface area contributed by atoms with Crippen LogP contribution in [0, 0.1) is 5.41 Å². The number of hydrogen-bond acceptors (Lipinski definition) is 0. The van der Waals surface area contributed by atoms with Crippen molar-refractivity contribution >= 4 is 0 Å². The molecule has 0 unspecified atom stereocenters. The Morgan fingerprint density at radius 2 is 1.33 bits per heavy atom. The topological polar surface area (TPSA) is 0 Å². The average molecular weight is 194 g/mol. The summed E-state index contributed by atoms with van der Waals surface area (Å²) in [6.45, 7) is 0. The van der Waals surface area contributed by atoms with E-state index in [2.05, 4.69) is 36.5 Å². The summed E-state index contributed by atoms with van der Waals surface area (Å²) >= 11 is 0. The molecule has 4 aliphatic carbocycles. The number of hydrogen-bond donors (Lipinski definition) is 0. The first-order valence-electron chi connectivity index (χ1n) is 5.89. The smallest absolute Gasteiger partial charge is 0.00856 e. The summed E-state index contributed by atoms with van der Waals surface area (Å²) in [4.78, 5) is 0. The van der Waals surface area contributed by atoms with Gasteiger partial charge in [-0.2, -0.15) is 0 Å².